The van der Waals surface area contributed by atoms with Crippen molar-refractivity contribution in [1.82, 2.24) is 15.1 Å². The first-order valence-corrected chi connectivity index (χ1v) is 6.75. The zero-order valence-electron chi connectivity index (χ0n) is 11.7. The second-order valence-electron chi connectivity index (χ2n) is 5.10. The van der Waals surface area contributed by atoms with E-state index in [0.29, 0.717) is 6.04 Å². The van der Waals surface area contributed by atoms with Crippen LogP contribution in [0.4, 0.5) is 0 Å². The van der Waals surface area contributed by atoms with Gasteiger partial charge in [-0.25, -0.2) is 0 Å². The highest BCUT2D eigenvalue weighted by atomic mass is 16.2. The predicted octanol–water partition coefficient (Wildman–Crippen LogP) is 0.927. The number of carbonyl (C=O) groups excluding carboxylic acids is 1. The molecule has 2 atom stereocenters. The molecule has 0 aromatic carbocycles. The number of rotatable bonds is 5. The third-order valence-corrected chi connectivity index (χ3v) is 3.60. The van der Waals surface area contributed by atoms with Gasteiger partial charge in [-0.1, -0.05) is 13.3 Å². The maximum Gasteiger partial charge on any atom is 0.239 e. The van der Waals surface area contributed by atoms with Crippen LogP contribution < -0.4 is 5.32 Å². The molecule has 0 spiro atoms. The summed E-state index contributed by atoms with van der Waals surface area (Å²) < 4.78 is 0. The van der Waals surface area contributed by atoms with Gasteiger partial charge in [-0.15, -0.1) is 0 Å². The Labute approximate surface area is 105 Å². The minimum absolute atomic E-state index is 0.00829. The smallest absolute Gasteiger partial charge is 0.239 e. The molecule has 0 saturated carbocycles. The number of nitrogens with zero attached hydrogens (tertiary/aromatic N) is 2. The normalized spacial score (nSPS) is 23.4. The number of piperidine rings is 1. The number of hydrogen-bond donors (Lipinski definition) is 1. The monoisotopic (exact) mass is 241 g/mol. The summed E-state index contributed by atoms with van der Waals surface area (Å²) in [7, 11) is 3.67. The molecule has 4 heteroatoms. The van der Waals surface area contributed by atoms with Crippen molar-refractivity contribution in [2.75, 3.05) is 33.7 Å². The van der Waals surface area contributed by atoms with Gasteiger partial charge in [0.1, 0.15) is 0 Å². The quantitative estimate of drug-likeness (QED) is 0.778. The molecule has 0 aromatic rings. The third-order valence-electron chi connectivity index (χ3n) is 3.60. The predicted molar refractivity (Wildman–Crippen MR) is 71.0 cm³/mol. The summed E-state index contributed by atoms with van der Waals surface area (Å²) in [5, 5.41) is 3.40. The van der Waals surface area contributed by atoms with Crippen molar-refractivity contribution in [2.45, 2.75) is 45.2 Å². The van der Waals surface area contributed by atoms with Gasteiger partial charge in [-0.2, -0.15) is 0 Å². The van der Waals surface area contributed by atoms with Crippen molar-refractivity contribution in [3.8, 4) is 0 Å². The number of hydrogen-bond acceptors (Lipinski definition) is 3. The molecule has 1 aliphatic heterocycles. The van der Waals surface area contributed by atoms with Crippen LogP contribution in [0, 0.1) is 0 Å². The van der Waals surface area contributed by atoms with Gasteiger partial charge in [0.25, 0.3) is 0 Å². The van der Waals surface area contributed by atoms with Crippen LogP contribution in [0.3, 0.4) is 0 Å². The van der Waals surface area contributed by atoms with Crippen LogP contribution in [0.25, 0.3) is 0 Å². The van der Waals surface area contributed by atoms with Crippen LogP contribution in [0.15, 0.2) is 0 Å². The number of nitrogens with one attached hydrogen (secondary N) is 1. The molecule has 1 N–H and O–H groups in total. The lowest BCUT2D eigenvalue weighted by molar-refractivity contribution is -0.135. The molecule has 1 rings (SSSR count). The van der Waals surface area contributed by atoms with Crippen molar-refractivity contribution in [1.29, 1.82) is 0 Å². The van der Waals surface area contributed by atoms with Gasteiger partial charge in [0.15, 0.2) is 0 Å². The summed E-state index contributed by atoms with van der Waals surface area (Å²) in [5.41, 5.74) is 0. The number of carbonyl (C=O) groups is 1. The molecule has 1 saturated heterocycles. The molecule has 0 aliphatic carbocycles. The Morgan fingerprint density at radius 3 is 2.76 bits per heavy atom. The molecule has 4 nitrogen and oxygen atoms in total. The fourth-order valence-electron chi connectivity index (χ4n) is 2.58. The molecule has 2 unspecified atom stereocenters. The van der Waals surface area contributed by atoms with Gasteiger partial charge in [0.2, 0.25) is 5.91 Å². The van der Waals surface area contributed by atoms with Crippen LogP contribution in [-0.2, 0) is 4.79 Å². The fraction of sp³-hybridized carbons (Fsp3) is 0.923. The van der Waals surface area contributed by atoms with E-state index in [1.165, 1.54) is 19.3 Å². The first-order valence-electron chi connectivity index (χ1n) is 6.75. The molecule has 100 valence electrons. The Morgan fingerprint density at radius 1 is 1.47 bits per heavy atom. The molecular formula is C13H27N3O. The molecule has 1 heterocycles. The van der Waals surface area contributed by atoms with E-state index >= 15 is 0 Å². The average molecular weight is 241 g/mol. The van der Waals surface area contributed by atoms with E-state index in [0.717, 1.165) is 19.6 Å². The van der Waals surface area contributed by atoms with E-state index in [4.69, 9.17) is 0 Å². The number of likely N-dealkylation sites (tertiary alicyclic amines) is 1. The average Bonchev–Trinajstić information content (AvgIpc) is 2.34. The van der Waals surface area contributed by atoms with Crippen molar-refractivity contribution in [3.05, 3.63) is 0 Å². The van der Waals surface area contributed by atoms with Gasteiger partial charge in [0, 0.05) is 26.7 Å². The van der Waals surface area contributed by atoms with Crippen molar-refractivity contribution >= 4 is 5.91 Å². The first kappa shape index (κ1) is 14.5. The lowest BCUT2D eigenvalue weighted by Gasteiger charge is -2.40. The molecule has 1 amide bonds. The second kappa shape index (κ2) is 6.97. The minimum Gasteiger partial charge on any atom is -0.347 e. The SMILES string of the molecule is CCNCC1CCCCN1C(C)C(=O)N(C)C. The maximum atomic E-state index is 12.0. The second-order valence-corrected chi connectivity index (χ2v) is 5.10. The van der Waals surface area contributed by atoms with Crippen molar-refractivity contribution < 1.29 is 4.79 Å². The topological polar surface area (TPSA) is 35.6 Å². The molecule has 1 aliphatic rings. The van der Waals surface area contributed by atoms with Crippen LogP contribution in [0.5, 0.6) is 0 Å². The molecule has 0 bridgehead atoms. The van der Waals surface area contributed by atoms with E-state index in [2.05, 4.69) is 17.1 Å². The summed E-state index contributed by atoms with van der Waals surface area (Å²) in [4.78, 5) is 16.1. The molecule has 0 radical (unpaired) electrons. The Morgan fingerprint density at radius 2 is 2.18 bits per heavy atom. The van der Waals surface area contributed by atoms with Crippen molar-refractivity contribution in [2.24, 2.45) is 0 Å². The standard InChI is InChI=1S/C13H27N3O/c1-5-14-10-12-8-6-7-9-16(12)11(2)13(17)15(3)4/h11-12,14H,5-10H2,1-4H3. The van der Waals surface area contributed by atoms with Gasteiger partial charge in [-0.05, 0) is 32.9 Å². The number of likely N-dealkylation sites (N-methyl/N-ethyl adjacent to an activating group) is 2. The van der Waals surface area contributed by atoms with E-state index < -0.39 is 0 Å². The minimum atomic E-state index is 0.00829. The zero-order chi connectivity index (χ0) is 12.8. The summed E-state index contributed by atoms with van der Waals surface area (Å²) >= 11 is 0. The summed E-state index contributed by atoms with van der Waals surface area (Å²) in [6, 6.07) is 0.525. The van der Waals surface area contributed by atoms with E-state index in [-0.39, 0.29) is 11.9 Å². The lowest BCUT2D eigenvalue weighted by Crippen LogP contribution is -2.54. The Hall–Kier alpha value is -0.610. The van der Waals surface area contributed by atoms with Crippen LogP contribution in [0.2, 0.25) is 0 Å². The Kier molecular flexibility index (Phi) is 5.92. The summed E-state index contributed by atoms with van der Waals surface area (Å²) in [6.07, 6.45) is 3.71. The van der Waals surface area contributed by atoms with Gasteiger partial charge >= 0.3 is 0 Å². The Bertz CT molecular complexity index is 243. The van der Waals surface area contributed by atoms with Gasteiger partial charge in [0.05, 0.1) is 6.04 Å². The highest BCUT2D eigenvalue weighted by Crippen LogP contribution is 2.19. The van der Waals surface area contributed by atoms with Crippen LogP contribution in [-0.4, -0.2) is 61.5 Å². The van der Waals surface area contributed by atoms with Gasteiger partial charge < -0.3 is 10.2 Å². The molecule has 1 fully saturated rings. The number of amides is 1. The highest BCUT2D eigenvalue weighted by Gasteiger charge is 2.30. The van der Waals surface area contributed by atoms with Gasteiger partial charge in [-0.3, -0.25) is 9.69 Å². The van der Waals surface area contributed by atoms with E-state index in [1.807, 2.05) is 21.0 Å². The van der Waals surface area contributed by atoms with E-state index in [1.54, 1.807) is 4.90 Å². The molecular weight excluding hydrogens is 214 g/mol. The highest BCUT2D eigenvalue weighted by molar-refractivity contribution is 5.81. The molecule has 0 aromatic heterocycles. The van der Waals surface area contributed by atoms with Crippen LogP contribution in [0.1, 0.15) is 33.1 Å². The van der Waals surface area contributed by atoms with Crippen LogP contribution >= 0.6 is 0 Å². The lowest BCUT2D eigenvalue weighted by atomic mass is 9.99. The summed E-state index contributed by atoms with van der Waals surface area (Å²) in [6.45, 7) is 7.22. The summed E-state index contributed by atoms with van der Waals surface area (Å²) in [5.74, 6) is 0.216. The first-order chi connectivity index (χ1) is 8.07. The maximum absolute atomic E-state index is 12.0. The van der Waals surface area contributed by atoms with E-state index in [9.17, 15) is 4.79 Å². The fourth-order valence-corrected chi connectivity index (χ4v) is 2.58. The zero-order valence-corrected chi connectivity index (χ0v) is 11.7. The third kappa shape index (κ3) is 3.96. The van der Waals surface area contributed by atoms with Crippen molar-refractivity contribution in [3.63, 3.8) is 0 Å². The molecule has 17 heavy (non-hydrogen) atoms. The largest absolute Gasteiger partial charge is 0.347 e. The Balaban J connectivity index is 2.60.